The van der Waals surface area contributed by atoms with E-state index in [9.17, 15) is 9.59 Å². The van der Waals surface area contributed by atoms with E-state index in [0.717, 1.165) is 16.7 Å². The Labute approximate surface area is 304 Å². The van der Waals surface area contributed by atoms with Crippen molar-refractivity contribution in [2.75, 3.05) is 26.4 Å². The topological polar surface area (TPSA) is 142 Å². The van der Waals surface area contributed by atoms with Crippen LogP contribution in [0.1, 0.15) is 46.8 Å². The van der Waals surface area contributed by atoms with Crippen molar-refractivity contribution in [1.29, 1.82) is 0 Å². The van der Waals surface area contributed by atoms with Gasteiger partial charge in [-0.3, -0.25) is 4.79 Å². The van der Waals surface area contributed by atoms with Crippen LogP contribution in [-0.2, 0) is 43.6 Å². The van der Waals surface area contributed by atoms with E-state index in [0.29, 0.717) is 38.4 Å². The largest absolute Gasteiger partial charge is 0.493 e. The standard InChI is InChI=1S/C41H47NO10/c1-29-38(49-25-30-12-5-2-6-13-30)40(51-27-32-16-9-4-10-17-32)39(50-26-31-14-7-3-8-15-31)36(52-29)18-11-21-47-34-22-33(41(46)42-19-20-43)23-35(24-34)48-28-37(44)45/h2-10,12-17,22-24,29,36,38-40,43H,11,18-21,25-28H2,1H3,(H,42,46)(H,44,45). The van der Waals surface area contributed by atoms with Gasteiger partial charge < -0.3 is 44.0 Å². The van der Waals surface area contributed by atoms with Gasteiger partial charge in [0.05, 0.1) is 45.2 Å². The predicted octanol–water partition coefficient (Wildman–Crippen LogP) is 5.57. The van der Waals surface area contributed by atoms with Gasteiger partial charge in [-0.25, -0.2) is 4.79 Å². The minimum absolute atomic E-state index is 0.0662. The van der Waals surface area contributed by atoms with E-state index in [1.165, 1.54) is 6.07 Å². The van der Waals surface area contributed by atoms with Crippen LogP contribution in [0.5, 0.6) is 11.5 Å². The quantitative estimate of drug-likeness (QED) is 0.0995. The Morgan fingerprint density at radius 3 is 1.77 bits per heavy atom. The lowest BCUT2D eigenvalue weighted by atomic mass is 9.92. The van der Waals surface area contributed by atoms with Crippen LogP contribution in [-0.4, -0.2) is 79.0 Å². The lowest BCUT2D eigenvalue weighted by Gasteiger charge is -2.45. The van der Waals surface area contributed by atoms with Crippen LogP contribution >= 0.6 is 0 Å². The number of aliphatic hydroxyl groups excluding tert-OH is 1. The molecule has 0 aromatic heterocycles. The molecule has 11 nitrogen and oxygen atoms in total. The minimum Gasteiger partial charge on any atom is -0.493 e. The average molecular weight is 714 g/mol. The van der Waals surface area contributed by atoms with Gasteiger partial charge in [0.1, 0.15) is 29.8 Å². The molecule has 276 valence electrons. The number of hydrogen-bond donors (Lipinski definition) is 3. The second-order valence-electron chi connectivity index (χ2n) is 12.5. The molecule has 1 fully saturated rings. The van der Waals surface area contributed by atoms with Gasteiger partial charge in [0, 0.05) is 18.2 Å². The van der Waals surface area contributed by atoms with Crippen LogP contribution in [0, 0.1) is 0 Å². The first-order valence-electron chi connectivity index (χ1n) is 17.5. The molecular formula is C41H47NO10. The monoisotopic (exact) mass is 713 g/mol. The molecule has 5 rings (SSSR count). The van der Waals surface area contributed by atoms with E-state index >= 15 is 0 Å². The van der Waals surface area contributed by atoms with E-state index in [-0.39, 0.29) is 43.3 Å². The molecule has 5 unspecified atom stereocenters. The van der Waals surface area contributed by atoms with Crippen LogP contribution in [0.25, 0.3) is 0 Å². The number of carboxylic acid groups (broad SMARTS) is 1. The van der Waals surface area contributed by atoms with Gasteiger partial charge >= 0.3 is 5.97 Å². The van der Waals surface area contributed by atoms with Crippen molar-refractivity contribution >= 4 is 11.9 Å². The van der Waals surface area contributed by atoms with Gasteiger partial charge in [-0.05, 0) is 48.6 Å². The molecule has 0 aliphatic carbocycles. The summed E-state index contributed by atoms with van der Waals surface area (Å²) in [5, 5.41) is 20.8. The lowest BCUT2D eigenvalue weighted by Crippen LogP contribution is -2.59. The van der Waals surface area contributed by atoms with E-state index < -0.39 is 36.8 Å². The summed E-state index contributed by atoms with van der Waals surface area (Å²) >= 11 is 0. The van der Waals surface area contributed by atoms with Crippen molar-refractivity contribution in [3.05, 3.63) is 131 Å². The predicted molar refractivity (Wildman–Crippen MR) is 193 cm³/mol. The molecule has 0 radical (unpaired) electrons. The molecule has 0 bridgehead atoms. The number of hydrogen-bond acceptors (Lipinski definition) is 9. The number of carbonyl (C=O) groups is 2. The molecule has 1 aliphatic rings. The third-order valence-electron chi connectivity index (χ3n) is 8.53. The molecule has 52 heavy (non-hydrogen) atoms. The van der Waals surface area contributed by atoms with Crippen molar-refractivity contribution in [2.45, 2.75) is 70.1 Å². The number of rotatable bonds is 20. The Balaban J connectivity index is 1.32. The Morgan fingerprint density at radius 1 is 0.712 bits per heavy atom. The van der Waals surface area contributed by atoms with E-state index in [4.69, 9.17) is 38.6 Å². The molecule has 3 N–H and O–H groups in total. The molecular weight excluding hydrogens is 666 g/mol. The maximum Gasteiger partial charge on any atom is 0.341 e. The molecule has 1 amide bonds. The zero-order valence-electron chi connectivity index (χ0n) is 29.3. The first kappa shape index (κ1) is 38.5. The Bertz CT molecular complexity index is 1660. The van der Waals surface area contributed by atoms with Crippen LogP contribution in [0.15, 0.2) is 109 Å². The molecule has 11 heteroatoms. The number of nitrogens with one attached hydrogen (secondary N) is 1. The van der Waals surface area contributed by atoms with Gasteiger partial charge in [0.15, 0.2) is 6.61 Å². The number of amides is 1. The SMILES string of the molecule is CC1OC(CCCOc2cc(OCC(=O)O)cc(C(=O)NCCO)c2)C(OCc2ccccc2)C(OCc2ccccc2)C1OCc1ccccc1. The van der Waals surface area contributed by atoms with E-state index in [2.05, 4.69) is 5.32 Å². The normalized spacial score (nSPS) is 19.8. The zero-order chi connectivity index (χ0) is 36.5. The molecule has 1 aliphatic heterocycles. The molecule has 0 spiro atoms. The summed E-state index contributed by atoms with van der Waals surface area (Å²) in [5.41, 5.74) is 3.32. The molecule has 0 saturated carbocycles. The maximum atomic E-state index is 12.6. The van der Waals surface area contributed by atoms with Crippen molar-refractivity contribution in [3.8, 4) is 11.5 Å². The third kappa shape index (κ3) is 11.9. The van der Waals surface area contributed by atoms with Gasteiger partial charge in [0.25, 0.3) is 5.91 Å². The van der Waals surface area contributed by atoms with Crippen molar-refractivity contribution in [1.82, 2.24) is 5.32 Å². The second kappa shape index (κ2) is 20.3. The molecule has 4 aromatic carbocycles. The van der Waals surface area contributed by atoms with Gasteiger partial charge in [0.2, 0.25) is 0 Å². The summed E-state index contributed by atoms with van der Waals surface area (Å²) in [4.78, 5) is 23.8. The highest BCUT2D eigenvalue weighted by molar-refractivity contribution is 5.95. The van der Waals surface area contributed by atoms with Crippen molar-refractivity contribution < 1.29 is 48.2 Å². The smallest absolute Gasteiger partial charge is 0.341 e. The maximum absolute atomic E-state index is 12.6. The number of aliphatic carboxylic acids is 1. The number of ether oxygens (including phenoxy) is 6. The highest BCUT2D eigenvalue weighted by Crippen LogP contribution is 2.32. The van der Waals surface area contributed by atoms with Gasteiger partial charge in [-0.1, -0.05) is 91.0 Å². The summed E-state index contributed by atoms with van der Waals surface area (Å²) < 4.78 is 38.0. The fraction of sp³-hybridized carbons (Fsp3) is 0.366. The van der Waals surface area contributed by atoms with E-state index in [1.807, 2.05) is 97.9 Å². The highest BCUT2D eigenvalue weighted by atomic mass is 16.6. The highest BCUT2D eigenvalue weighted by Gasteiger charge is 2.46. The van der Waals surface area contributed by atoms with Crippen molar-refractivity contribution in [3.63, 3.8) is 0 Å². The summed E-state index contributed by atoms with van der Waals surface area (Å²) in [6.07, 6.45) is -0.878. The summed E-state index contributed by atoms with van der Waals surface area (Å²) in [6.45, 7) is 2.66. The fourth-order valence-electron chi connectivity index (χ4n) is 6.01. The third-order valence-corrected chi connectivity index (χ3v) is 8.53. The minimum atomic E-state index is -1.15. The number of carboxylic acids is 1. The summed E-state index contributed by atoms with van der Waals surface area (Å²) in [6, 6.07) is 34.5. The van der Waals surface area contributed by atoms with Crippen LogP contribution in [0.3, 0.4) is 0 Å². The van der Waals surface area contributed by atoms with Crippen LogP contribution < -0.4 is 14.8 Å². The van der Waals surface area contributed by atoms with E-state index in [1.54, 1.807) is 12.1 Å². The molecule has 4 aromatic rings. The van der Waals surface area contributed by atoms with Crippen LogP contribution in [0.2, 0.25) is 0 Å². The Morgan fingerprint density at radius 2 is 1.23 bits per heavy atom. The molecule has 1 heterocycles. The number of aliphatic hydroxyl groups is 1. The number of benzene rings is 4. The first-order chi connectivity index (χ1) is 25.4. The van der Waals surface area contributed by atoms with Gasteiger partial charge in [-0.2, -0.15) is 0 Å². The molecule has 5 atom stereocenters. The first-order valence-corrected chi connectivity index (χ1v) is 17.5. The second-order valence-corrected chi connectivity index (χ2v) is 12.5. The Kier molecular flexibility index (Phi) is 15.0. The summed E-state index contributed by atoms with van der Waals surface area (Å²) in [5.74, 6) is -1.09. The molecule has 1 saturated heterocycles. The summed E-state index contributed by atoms with van der Waals surface area (Å²) in [7, 11) is 0. The number of carbonyl (C=O) groups excluding carboxylic acids is 1. The zero-order valence-corrected chi connectivity index (χ0v) is 29.3. The lowest BCUT2D eigenvalue weighted by molar-refractivity contribution is -0.262. The Hall–Kier alpha value is -4.78. The fourth-order valence-corrected chi connectivity index (χ4v) is 6.01. The van der Waals surface area contributed by atoms with Crippen molar-refractivity contribution in [2.24, 2.45) is 0 Å². The van der Waals surface area contributed by atoms with Gasteiger partial charge in [-0.15, -0.1) is 0 Å². The van der Waals surface area contributed by atoms with Crippen LogP contribution in [0.4, 0.5) is 0 Å². The average Bonchev–Trinajstić information content (AvgIpc) is 3.17.